The molecule has 0 aromatic heterocycles. The maximum absolute atomic E-state index is 6.13. The lowest BCUT2D eigenvalue weighted by Gasteiger charge is -2.17. The first-order chi connectivity index (χ1) is 7.65. The molecule has 0 radical (unpaired) electrons. The molecule has 0 saturated heterocycles. The fourth-order valence-corrected chi connectivity index (χ4v) is 1.95. The zero-order chi connectivity index (χ0) is 12.0. The normalized spacial score (nSPS) is 11.1. The minimum atomic E-state index is 0.628. The van der Waals surface area contributed by atoms with E-state index >= 15 is 0 Å². The summed E-state index contributed by atoms with van der Waals surface area (Å²) in [6, 6.07) is 5.77. The molecule has 1 N–H and O–H groups in total. The van der Waals surface area contributed by atoms with Gasteiger partial charge in [0.2, 0.25) is 0 Å². The maximum Gasteiger partial charge on any atom is 0.0637 e. The molecule has 0 heterocycles. The Morgan fingerprint density at radius 2 is 2.06 bits per heavy atom. The molecule has 0 atom stereocenters. The number of halogens is 2. The van der Waals surface area contributed by atoms with Crippen molar-refractivity contribution >= 4 is 23.2 Å². The quantitative estimate of drug-likeness (QED) is 0.792. The second-order valence-electron chi connectivity index (χ2n) is 3.91. The number of nitrogens with zero attached hydrogens (tertiary/aromatic N) is 1. The molecule has 0 aliphatic rings. The van der Waals surface area contributed by atoms with Crippen molar-refractivity contribution in [2.24, 2.45) is 0 Å². The second-order valence-corrected chi connectivity index (χ2v) is 4.69. The van der Waals surface area contributed by atoms with Crippen LogP contribution in [0.4, 0.5) is 0 Å². The Morgan fingerprint density at radius 3 is 2.75 bits per heavy atom. The average molecular weight is 261 g/mol. The van der Waals surface area contributed by atoms with Crippen LogP contribution in [-0.4, -0.2) is 32.1 Å². The van der Waals surface area contributed by atoms with Crippen LogP contribution in [0.15, 0.2) is 18.2 Å². The van der Waals surface area contributed by atoms with Gasteiger partial charge in [-0.05, 0) is 45.2 Å². The van der Waals surface area contributed by atoms with Crippen molar-refractivity contribution in [1.82, 2.24) is 10.2 Å². The fraction of sp³-hybridized carbons (Fsp3) is 0.500. The summed E-state index contributed by atoms with van der Waals surface area (Å²) in [5.41, 5.74) is 1.08. The van der Waals surface area contributed by atoms with Gasteiger partial charge in [-0.1, -0.05) is 35.3 Å². The van der Waals surface area contributed by atoms with Gasteiger partial charge in [0, 0.05) is 6.54 Å². The first-order valence-electron chi connectivity index (χ1n) is 5.41. The highest BCUT2D eigenvalue weighted by molar-refractivity contribution is 6.42. The Labute approximate surface area is 108 Å². The van der Waals surface area contributed by atoms with Crippen molar-refractivity contribution in [1.29, 1.82) is 0 Å². The summed E-state index contributed by atoms with van der Waals surface area (Å²) >= 11 is 12.1. The third-order valence-corrected chi connectivity index (χ3v) is 3.30. The van der Waals surface area contributed by atoms with E-state index in [0.29, 0.717) is 10.0 Å². The first kappa shape index (κ1) is 13.8. The van der Waals surface area contributed by atoms with E-state index in [1.54, 1.807) is 0 Å². The van der Waals surface area contributed by atoms with Crippen molar-refractivity contribution in [3.63, 3.8) is 0 Å². The number of hydrogen-bond acceptors (Lipinski definition) is 2. The van der Waals surface area contributed by atoms with E-state index in [2.05, 4.69) is 17.3 Å². The van der Waals surface area contributed by atoms with Gasteiger partial charge in [0.05, 0.1) is 10.0 Å². The van der Waals surface area contributed by atoms with E-state index < -0.39 is 0 Å². The summed E-state index contributed by atoms with van der Waals surface area (Å²) in [6.45, 7) is 2.92. The fourth-order valence-electron chi connectivity index (χ4n) is 1.57. The molecular formula is C12H18Cl2N2. The smallest absolute Gasteiger partial charge is 0.0637 e. The van der Waals surface area contributed by atoms with Crippen LogP contribution < -0.4 is 5.32 Å². The molecule has 0 unspecified atom stereocenters. The van der Waals surface area contributed by atoms with Gasteiger partial charge in [-0.25, -0.2) is 0 Å². The molecule has 0 spiro atoms. The van der Waals surface area contributed by atoms with Gasteiger partial charge in [-0.2, -0.15) is 0 Å². The molecule has 0 saturated carbocycles. The molecule has 90 valence electrons. The van der Waals surface area contributed by atoms with Crippen LogP contribution in [0.1, 0.15) is 12.0 Å². The van der Waals surface area contributed by atoms with E-state index in [0.717, 1.165) is 31.6 Å². The molecule has 0 aliphatic carbocycles. The third-order valence-electron chi connectivity index (χ3n) is 2.44. The van der Waals surface area contributed by atoms with Gasteiger partial charge in [0.1, 0.15) is 0 Å². The van der Waals surface area contributed by atoms with Crippen molar-refractivity contribution in [3.05, 3.63) is 33.8 Å². The lowest BCUT2D eigenvalue weighted by molar-refractivity contribution is 0.321. The van der Waals surface area contributed by atoms with Gasteiger partial charge in [0.25, 0.3) is 0 Å². The Hall–Kier alpha value is -0.280. The minimum absolute atomic E-state index is 0.628. The molecule has 16 heavy (non-hydrogen) atoms. The summed E-state index contributed by atoms with van der Waals surface area (Å²) < 4.78 is 0. The average Bonchev–Trinajstić information content (AvgIpc) is 2.25. The van der Waals surface area contributed by atoms with E-state index in [4.69, 9.17) is 23.2 Å². The summed E-state index contributed by atoms with van der Waals surface area (Å²) in [7, 11) is 4.06. The zero-order valence-corrected chi connectivity index (χ0v) is 11.3. The van der Waals surface area contributed by atoms with E-state index in [9.17, 15) is 0 Å². The Bertz CT molecular complexity index is 329. The lowest BCUT2D eigenvalue weighted by atomic mass is 10.2. The zero-order valence-electron chi connectivity index (χ0n) is 9.76. The van der Waals surface area contributed by atoms with Crippen molar-refractivity contribution in [3.8, 4) is 0 Å². The van der Waals surface area contributed by atoms with Crippen molar-refractivity contribution < 1.29 is 0 Å². The molecule has 0 aliphatic heterocycles. The monoisotopic (exact) mass is 260 g/mol. The van der Waals surface area contributed by atoms with Crippen LogP contribution >= 0.6 is 23.2 Å². The van der Waals surface area contributed by atoms with Gasteiger partial charge in [-0.15, -0.1) is 0 Å². The van der Waals surface area contributed by atoms with Crippen LogP contribution in [0.25, 0.3) is 0 Å². The van der Waals surface area contributed by atoms with Gasteiger partial charge >= 0.3 is 0 Å². The van der Waals surface area contributed by atoms with Crippen molar-refractivity contribution in [2.75, 3.05) is 27.2 Å². The van der Waals surface area contributed by atoms with Gasteiger partial charge in [-0.3, -0.25) is 0 Å². The Kier molecular flexibility index (Phi) is 6.14. The van der Waals surface area contributed by atoms with Gasteiger partial charge < -0.3 is 10.2 Å². The molecule has 1 rings (SSSR count). The number of hydrogen-bond donors (Lipinski definition) is 1. The lowest BCUT2D eigenvalue weighted by Crippen LogP contribution is -2.22. The predicted molar refractivity (Wildman–Crippen MR) is 71.3 cm³/mol. The minimum Gasteiger partial charge on any atom is -0.320 e. The predicted octanol–water partition coefficient (Wildman–Crippen LogP) is 3.03. The topological polar surface area (TPSA) is 15.3 Å². The highest BCUT2D eigenvalue weighted by atomic mass is 35.5. The largest absolute Gasteiger partial charge is 0.320 e. The van der Waals surface area contributed by atoms with Crippen LogP contribution in [0.3, 0.4) is 0 Å². The Morgan fingerprint density at radius 1 is 1.31 bits per heavy atom. The number of nitrogens with one attached hydrogen (secondary N) is 1. The molecule has 4 heteroatoms. The summed E-state index contributed by atoms with van der Waals surface area (Å²) in [4.78, 5) is 2.24. The van der Waals surface area contributed by atoms with Crippen LogP contribution in [0.2, 0.25) is 10.0 Å². The van der Waals surface area contributed by atoms with Crippen LogP contribution in [0, 0.1) is 0 Å². The molecule has 1 aromatic rings. The SMILES string of the molecule is CNCCCN(C)Cc1cccc(Cl)c1Cl. The van der Waals surface area contributed by atoms with Gasteiger partial charge in [0.15, 0.2) is 0 Å². The van der Waals surface area contributed by atoms with E-state index in [1.165, 1.54) is 0 Å². The highest BCUT2D eigenvalue weighted by Crippen LogP contribution is 2.26. The molecular weight excluding hydrogens is 243 g/mol. The summed E-state index contributed by atoms with van der Waals surface area (Å²) in [5, 5.41) is 4.43. The number of rotatable bonds is 6. The molecule has 1 aromatic carbocycles. The maximum atomic E-state index is 6.13. The molecule has 0 bridgehead atoms. The summed E-state index contributed by atoms with van der Waals surface area (Å²) in [5.74, 6) is 0. The second kappa shape index (κ2) is 7.13. The molecule has 0 fully saturated rings. The Balaban J connectivity index is 2.49. The standard InChI is InChI=1S/C12H18Cl2N2/c1-15-7-4-8-16(2)9-10-5-3-6-11(13)12(10)14/h3,5-6,15H,4,7-9H2,1-2H3. The highest BCUT2D eigenvalue weighted by Gasteiger charge is 2.06. The van der Waals surface area contributed by atoms with E-state index in [-0.39, 0.29) is 0 Å². The van der Waals surface area contributed by atoms with Crippen LogP contribution in [0.5, 0.6) is 0 Å². The molecule has 2 nitrogen and oxygen atoms in total. The van der Waals surface area contributed by atoms with Crippen LogP contribution in [-0.2, 0) is 6.54 Å². The van der Waals surface area contributed by atoms with E-state index in [1.807, 2.05) is 25.2 Å². The first-order valence-corrected chi connectivity index (χ1v) is 6.16. The third kappa shape index (κ3) is 4.30. The summed E-state index contributed by atoms with van der Waals surface area (Å²) in [6.07, 6.45) is 1.13. The molecule has 0 amide bonds. The number of benzene rings is 1. The van der Waals surface area contributed by atoms with Crippen molar-refractivity contribution in [2.45, 2.75) is 13.0 Å².